The van der Waals surface area contributed by atoms with Crippen molar-refractivity contribution in [2.75, 3.05) is 31.1 Å². The number of anilines is 1. The molecule has 0 unspecified atom stereocenters. The largest absolute Gasteiger partial charge is 0.368 e. The SMILES string of the molecule is CC(C)C(=O)N1CC[C@@H]2OCC(=O)N(c3ccccc3)C[C@H]2C1. The summed E-state index contributed by atoms with van der Waals surface area (Å²) >= 11 is 0. The van der Waals surface area contributed by atoms with Gasteiger partial charge >= 0.3 is 0 Å². The molecule has 0 saturated carbocycles. The van der Waals surface area contributed by atoms with Gasteiger partial charge in [0, 0.05) is 37.2 Å². The third-order valence-electron chi connectivity index (χ3n) is 4.68. The van der Waals surface area contributed by atoms with E-state index in [0.717, 1.165) is 18.7 Å². The zero-order chi connectivity index (χ0) is 16.4. The molecule has 5 nitrogen and oxygen atoms in total. The van der Waals surface area contributed by atoms with Crippen LogP contribution >= 0.6 is 0 Å². The molecular weight excluding hydrogens is 292 g/mol. The van der Waals surface area contributed by atoms with Crippen molar-refractivity contribution in [2.24, 2.45) is 11.8 Å². The third-order valence-corrected chi connectivity index (χ3v) is 4.68. The molecule has 23 heavy (non-hydrogen) atoms. The molecule has 0 aromatic heterocycles. The number of piperidine rings is 1. The summed E-state index contributed by atoms with van der Waals surface area (Å²) in [6.07, 6.45) is 0.864. The van der Waals surface area contributed by atoms with Gasteiger partial charge in [-0.05, 0) is 18.6 Å². The highest BCUT2D eigenvalue weighted by Gasteiger charge is 2.37. The highest BCUT2D eigenvalue weighted by Crippen LogP contribution is 2.27. The van der Waals surface area contributed by atoms with Gasteiger partial charge in [-0.1, -0.05) is 32.0 Å². The van der Waals surface area contributed by atoms with E-state index < -0.39 is 0 Å². The Labute approximate surface area is 137 Å². The summed E-state index contributed by atoms with van der Waals surface area (Å²) in [6.45, 7) is 5.97. The van der Waals surface area contributed by atoms with Crippen LogP contribution in [0.2, 0.25) is 0 Å². The number of benzene rings is 1. The topological polar surface area (TPSA) is 49.9 Å². The summed E-state index contributed by atoms with van der Waals surface area (Å²) in [6, 6.07) is 9.69. The minimum atomic E-state index is -0.00710. The fraction of sp³-hybridized carbons (Fsp3) is 0.556. The van der Waals surface area contributed by atoms with Crippen LogP contribution in [0, 0.1) is 11.8 Å². The molecule has 2 fully saturated rings. The monoisotopic (exact) mass is 316 g/mol. The summed E-state index contributed by atoms with van der Waals surface area (Å²) in [5.41, 5.74) is 0.897. The molecule has 1 aromatic rings. The number of nitrogens with zero attached hydrogens (tertiary/aromatic N) is 2. The maximum absolute atomic E-state index is 12.4. The average Bonchev–Trinajstić information content (AvgIpc) is 2.73. The molecule has 1 aromatic carbocycles. The van der Waals surface area contributed by atoms with Gasteiger partial charge in [-0.2, -0.15) is 0 Å². The van der Waals surface area contributed by atoms with Gasteiger partial charge in [0.15, 0.2) is 0 Å². The lowest BCUT2D eigenvalue weighted by Crippen LogP contribution is -2.50. The lowest BCUT2D eigenvalue weighted by atomic mass is 9.93. The van der Waals surface area contributed by atoms with Crippen molar-refractivity contribution in [3.05, 3.63) is 30.3 Å². The summed E-state index contributed by atoms with van der Waals surface area (Å²) in [5, 5.41) is 0. The summed E-state index contributed by atoms with van der Waals surface area (Å²) in [7, 11) is 0. The lowest BCUT2D eigenvalue weighted by molar-refractivity contribution is -0.139. The van der Waals surface area contributed by atoms with Crippen molar-refractivity contribution in [1.82, 2.24) is 4.90 Å². The van der Waals surface area contributed by atoms with Gasteiger partial charge in [0.2, 0.25) is 5.91 Å². The Morgan fingerprint density at radius 3 is 2.65 bits per heavy atom. The minimum absolute atomic E-state index is 0.00473. The molecule has 124 valence electrons. The Kier molecular flexibility index (Phi) is 4.66. The van der Waals surface area contributed by atoms with Crippen molar-refractivity contribution in [3.63, 3.8) is 0 Å². The van der Waals surface area contributed by atoms with Gasteiger partial charge in [-0.15, -0.1) is 0 Å². The smallest absolute Gasteiger partial charge is 0.252 e. The van der Waals surface area contributed by atoms with E-state index >= 15 is 0 Å². The van der Waals surface area contributed by atoms with Gasteiger partial charge < -0.3 is 14.5 Å². The van der Waals surface area contributed by atoms with E-state index in [2.05, 4.69) is 0 Å². The third kappa shape index (κ3) is 3.39. The van der Waals surface area contributed by atoms with Gasteiger partial charge in [0.05, 0.1) is 6.10 Å². The van der Waals surface area contributed by atoms with Crippen LogP contribution < -0.4 is 4.90 Å². The molecule has 2 aliphatic rings. The molecule has 0 N–H and O–H groups in total. The summed E-state index contributed by atoms with van der Waals surface area (Å²) in [4.78, 5) is 28.4. The predicted octanol–water partition coefficient (Wildman–Crippen LogP) is 1.92. The highest BCUT2D eigenvalue weighted by atomic mass is 16.5. The van der Waals surface area contributed by atoms with Crippen LogP contribution in [-0.2, 0) is 14.3 Å². The van der Waals surface area contributed by atoms with Gasteiger partial charge in [0.1, 0.15) is 6.61 Å². The molecule has 2 atom stereocenters. The van der Waals surface area contributed by atoms with Gasteiger partial charge in [-0.25, -0.2) is 0 Å². The molecule has 2 heterocycles. The first kappa shape index (κ1) is 16.0. The molecule has 2 amide bonds. The lowest BCUT2D eigenvalue weighted by Gasteiger charge is -2.38. The number of hydrogen-bond acceptors (Lipinski definition) is 3. The Hall–Kier alpha value is -1.88. The average molecular weight is 316 g/mol. The second-order valence-corrected chi connectivity index (χ2v) is 6.68. The van der Waals surface area contributed by atoms with E-state index in [1.807, 2.05) is 49.1 Å². The Balaban J connectivity index is 1.77. The fourth-order valence-electron chi connectivity index (χ4n) is 3.42. The van der Waals surface area contributed by atoms with Crippen molar-refractivity contribution in [3.8, 4) is 0 Å². The summed E-state index contributed by atoms with van der Waals surface area (Å²) in [5.74, 6) is 0.348. The summed E-state index contributed by atoms with van der Waals surface area (Å²) < 4.78 is 5.83. The molecular formula is C18H24N2O3. The number of para-hydroxylation sites is 1. The minimum Gasteiger partial charge on any atom is -0.368 e. The Bertz CT molecular complexity index is 573. The van der Waals surface area contributed by atoms with E-state index in [9.17, 15) is 9.59 Å². The van der Waals surface area contributed by atoms with Crippen LogP contribution in [0.15, 0.2) is 30.3 Å². The number of rotatable bonds is 2. The van der Waals surface area contributed by atoms with Crippen molar-refractivity contribution in [1.29, 1.82) is 0 Å². The zero-order valence-corrected chi connectivity index (χ0v) is 13.8. The standard InChI is InChI=1S/C18H24N2O3/c1-13(2)18(22)19-9-8-16-14(10-19)11-20(17(21)12-23-16)15-6-4-3-5-7-15/h3-7,13-14,16H,8-12H2,1-2H3/t14-,16+/m1/s1. The van der Waals surface area contributed by atoms with Crippen molar-refractivity contribution in [2.45, 2.75) is 26.4 Å². The molecule has 0 aliphatic carbocycles. The molecule has 0 bridgehead atoms. The molecule has 3 rings (SSSR count). The maximum atomic E-state index is 12.4. The number of likely N-dealkylation sites (tertiary alicyclic amines) is 1. The zero-order valence-electron chi connectivity index (χ0n) is 13.8. The van der Waals surface area contributed by atoms with E-state index in [1.54, 1.807) is 4.90 Å². The first-order valence-electron chi connectivity index (χ1n) is 8.32. The Morgan fingerprint density at radius 2 is 1.96 bits per heavy atom. The predicted molar refractivity (Wildman–Crippen MR) is 88.1 cm³/mol. The molecule has 2 aliphatic heterocycles. The van der Waals surface area contributed by atoms with Crippen molar-refractivity contribution >= 4 is 17.5 Å². The Morgan fingerprint density at radius 1 is 1.22 bits per heavy atom. The van der Waals surface area contributed by atoms with E-state index in [4.69, 9.17) is 4.74 Å². The van der Waals surface area contributed by atoms with Crippen LogP contribution in [-0.4, -0.2) is 49.1 Å². The molecule has 5 heteroatoms. The number of hydrogen-bond donors (Lipinski definition) is 0. The van der Waals surface area contributed by atoms with E-state index in [1.165, 1.54) is 0 Å². The molecule has 2 saturated heterocycles. The fourth-order valence-corrected chi connectivity index (χ4v) is 3.42. The first-order chi connectivity index (χ1) is 11.1. The van der Waals surface area contributed by atoms with Crippen LogP contribution in [0.1, 0.15) is 20.3 Å². The van der Waals surface area contributed by atoms with Crippen LogP contribution in [0.25, 0.3) is 0 Å². The first-order valence-corrected chi connectivity index (χ1v) is 8.32. The van der Waals surface area contributed by atoms with Crippen molar-refractivity contribution < 1.29 is 14.3 Å². The number of fused-ring (bicyclic) bond motifs is 1. The number of carbonyl (C=O) groups is 2. The quantitative estimate of drug-likeness (QED) is 0.837. The van der Waals surface area contributed by atoms with Gasteiger partial charge in [-0.3, -0.25) is 9.59 Å². The highest BCUT2D eigenvalue weighted by molar-refractivity contribution is 5.94. The van der Waals surface area contributed by atoms with Crippen LogP contribution in [0.3, 0.4) is 0 Å². The van der Waals surface area contributed by atoms with Gasteiger partial charge in [0.25, 0.3) is 5.91 Å². The number of ether oxygens (including phenoxy) is 1. The normalized spacial score (nSPS) is 25.3. The number of amides is 2. The number of carbonyl (C=O) groups excluding carboxylic acids is 2. The molecule has 0 spiro atoms. The van der Waals surface area contributed by atoms with Crippen LogP contribution in [0.5, 0.6) is 0 Å². The molecule has 0 radical (unpaired) electrons. The maximum Gasteiger partial charge on any atom is 0.252 e. The van der Waals surface area contributed by atoms with E-state index in [0.29, 0.717) is 13.1 Å². The second kappa shape index (κ2) is 6.71. The van der Waals surface area contributed by atoms with Crippen LogP contribution in [0.4, 0.5) is 5.69 Å². The van der Waals surface area contributed by atoms with E-state index in [-0.39, 0.29) is 36.4 Å². The second-order valence-electron chi connectivity index (χ2n) is 6.68.